The molecule has 0 spiro atoms. The summed E-state index contributed by atoms with van der Waals surface area (Å²) in [7, 11) is 0. The van der Waals surface area contributed by atoms with Gasteiger partial charge in [0.1, 0.15) is 5.54 Å². The average molecular weight is 343 g/mol. The van der Waals surface area contributed by atoms with Crippen molar-refractivity contribution in [2.75, 3.05) is 6.54 Å². The normalized spacial score (nSPS) is 19.7. The number of primary amides is 1. The molecule has 1 saturated carbocycles. The monoisotopic (exact) mass is 343 g/mol. The van der Waals surface area contributed by atoms with E-state index in [1.807, 2.05) is 17.0 Å². The smallest absolute Gasteiger partial charge is 0.252 e. The minimum Gasteiger partial charge on any atom is -0.368 e. The lowest BCUT2D eigenvalue weighted by molar-refractivity contribution is -0.128. The molecule has 2 fully saturated rings. The highest BCUT2D eigenvalue weighted by Crippen LogP contribution is 2.28. The Balaban J connectivity index is 1.65. The number of carbonyl (C=O) groups excluding carboxylic acids is 3. The Kier molecular flexibility index (Phi) is 5.06. The van der Waals surface area contributed by atoms with Crippen molar-refractivity contribution >= 4 is 17.7 Å². The van der Waals surface area contributed by atoms with Gasteiger partial charge in [-0.25, -0.2) is 0 Å². The molecule has 1 saturated heterocycles. The Morgan fingerprint density at radius 3 is 2.32 bits per heavy atom. The lowest BCUT2D eigenvalue weighted by atomic mass is 9.81. The third-order valence-corrected chi connectivity index (χ3v) is 5.29. The molecule has 0 aromatic heterocycles. The zero-order valence-electron chi connectivity index (χ0n) is 14.4. The van der Waals surface area contributed by atoms with Gasteiger partial charge in [-0.1, -0.05) is 31.4 Å². The molecule has 0 radical (unpaired) electrons. The Labute approximate surface area is 147 Å². The van der Waals surface area contributed by atoms with Crippen molar-refractivity contribution in [1.29, 1.82) is 0 Å². The van der Waals surface area contributed by atoms with E-state index in [1.165, 1.54) is 0 Å². The van der Waals surface area contributed by atoms with Crippen LogP contribution in [0.2, 0.25) is 0 Å². The first-order valence-corrected chi connectivity index (χ1v) is 8.99. The minimum absolute atomic E-state index is 0.183. The van der Waals surface area contributed by atoms with E-state index < -0.39 is 11.4 Å². The van der Waals surface area contributed by atoms with E-state index in [2.05, 4.69) is 5.32 Å². The van der Waals surface area contributed by atoms with Gasteiger partial charge in [-0.05, 0) is 37.0 Å². The molecule has 25 heavy (non-hydrogen) atoms. The van der Waals surface area contributed by atoms with Gasteiger partial charge >= 0.3 is 0 Å². The molecule has 1 aromatic rings. The summed E-state index contributed by atoms with van der Waals surface area (Å²) in [5.74, 6) is -0.545. The molecule has 1 heterocycles. The van der Waals surface area contributed by atoms with Crippen LogP contribution in [-0.2, 0) is 16.1 Å². The zero-order chi connectivity index (χ0) is 17.9. The number of nitrogens with two attached hydrogens (primary N) is 1. The fourth-order valence-corrected chi connectivity index (χ4v) is 3.73. The van der Waals surface area contributed by atoms with Crippen LogP contribution in [-0.4, -0.2) is 34.7 Å². The van der Waals surface area contributed by atoms with Crippen molar-refractivity contribution < 1.29 is 14.4 Å². The summed E-state index contributed by atoms with van der Waals surface area (Å²) in [5, 5.41) is 2.87. The third-order valence-electron chi connectivity index (χ3n) is 5.29. The van der Waals surface area contributed by atoms with Crippen LogP contribution in [0.5, 0.6) is 0 Å². The summed E-state index contributed by atoms with van der Waals surface area (Å²) in [6, 6.07) is 7.20. The number of hydrogen-bond acceptors (Lipinski definition) is 3. The van der Waals surface area contributed by atoms with Crippen LogP contribution >= 0.6 is 0 Å². The predicted molar refractivity (Wildman–Crippen MR) is 93.6 cm³/mol. The molecule has 3 N–H and O–H groups in total. The first kappa shape index (κ1) is 17.5. The van der Waals surface area contributed by atoms with Crippen LogP contribution in [0.25, 0.3) is 0 Å². The Morgan fingerprint density at radius 2 is 1.76 bits per heavy atom. The molecule has 1 aliphatic heterocycles. The highest BCUT2D eigenvalue weighted by molar-refractivity contribution is 5.99. The molecular weight excluding hydrogens is 318 g/mol. The molecule has 0 unspecified atom stereocenters. The first-order chi connectivity index (χ1) is 12.0. The van der Waals surface area contributed by atoms with E-state index in [4.69, 9.17) is 5.73 Å². The number of carbonyl (C=O) groups is 3. The summed E-state index contributed by atoms with van der Waals surface area (Å²) >= 11 is 0. The number of likely N-dealkylation sites (tertiary alicyclic amines) is 1. The summed E-state index contributed by atoms with van der Waals surface area (Å²) in [6.45, 7) is 1.37. The second kappa shape index (κ2) is 7.25. The molecule has 1 aromatic carbocycles. The number of amides is 3. The molecule has 3 rings (SSSR count). The highest BCUT2D eigenvalue weighted by Gasteiger charge is 2.39. The van der Waals surface area contributed by atoms with Gasteiger partial charge in [-0.2, -0.15) is 0 Å². The molecule has 134 valence electrons. The van der Waals surface area contributed by atoms with Gasteiger partial charge in [0, 0.05) is 25.1 Å². The lowest BCUT2D eigenvalue weighted by Gasteiger charge is -2.35. The zero-order valence-corrected chi connectivity index (χ0v) is 14.4. The number of benzene rings is 1. The van der Waals surface area contributed by atoms with Crippen molar-refractivity contribution in [2.24, 2.45) is 5.73 Å². The maximum Gasteiger partial charge on any atom is 0.252 e. The largest absolute Gasteiger partial charge is 0.368 e. The summed E-state index contributed by atoms with van der Waals surface area (Å²) in [5.41, 5.74) is 6.14. The maximum atomic E-state index is 12.5. The first-order valence-electron chi connectivity index (χ1n) is 8.99. The van der Waals surface area contributed by atoms with Gasteiger partial charge in [0.15, 0.2) is 0 Å². The SMILES string of the molecule is NC(=O)C1(NC(=O)c2ccc(CN3CCCC3=O)cc2)CCCCC1. The fourth-order valence-electron chi connectivity index (χ4n) is 3.73. The second-order valence-corrected chi connectivity index (χ2v) is 7.08. The number of rotatable bonds is 5. The molecule has 2 aliphatic rings. The highest BCUT2D eigenvalue weighted by atomic mass is 16.2. The summed E-state index contributed by atoms with van der Waals surface area (Å²) in [6.07, 6.45) is 5.59. The van der Waals surface area contributed by atoms with Crippen molar-refractivity contribution in [3.05, 3.63) is 35.4 Å². The minimum atomic E-state index is -0.921. The van der Waals surface area contributed by atoms with Gasteiger partial charge in [0.05, 0.1) is 0 Å². The van der Waals surface area contributed by atoms with Gasteiger partial charge in [0.25, 0.3) is 5.91 Å². The fraction of sp³-hybridized carbons (Fsp3) is 0.526. The molecule has 6 nitrogen and oxygen atoms in total. The molecule has 1 aliphatic carbocycles. The van der Waals surface area contributed by atoms with E-state index in [-0.39, 0.29) is 11.8 Å². The van der Waals surface area contributed by atoms with Gasteiger partial charge in [-0.15, -0.1) is 0 Å². The van der Waals surface area contributed by atoms with E-state index in [0.29, 0.717) is 31.4 Å². The molecule has 3 amide bonds. The maximum absolute atomic E-state index is 12.5. The number of nitrogens with one attached hydrogen (secondary N) is 1. The predicted octanol–water partition coefficient (Wildman–Crippen LogP) is 1.73. The quantitative estimate of drug-likeness (QED) is 0.853. The van der Waals surface area contributed by atoms with Crippen molar-refractivity contribution in [3.8, 4) is 0 Å². The van der Waals surface area contributed by atoms with E-state index in [9.17, 15) is 14.4 Å². The summed E-state index contributed by atoms with van der Waals surface area (Å²) < 4.78 is 0. The van der Waals surface area contributed by atoms with Crippen LogP contribution in [0.1, 0.15) is 60.9 Å². The van der Waals surface area contributed by atoms with Gasteiger partial charge in [-0.3, -0.25) is 14.4 Å². The van der Waals surface area contributed by atoms with E-state index >= 15 is 0 Å². The van der Waals surface area contributed by atoms with Crippen molar-refractivity contribution in [2.45, 2.75) is 57.0 Å². The van der Waals surface area contributed by atoms with Crippen LogP contribution in [0.4, 0.5) is 0 Å². The van der Waals surface area contributed by atoms with Crippen molar-refractivity contribution in [1.82, 2.24) is 10.2 Å². The average Bonchev–Trinajstić information content (AvgIpc) is 3.01. The van der Waals surface area contributed by atoms with Gasteiger partial charge in [0.2, 0.25) is 11.8 Å². The number of nitrogens with zero attached hydrogens (tertiary/aromatic N) is 1. The van der Waals surface area contributed by atoms with E-state index in [0.717, 1.165) is 37.8 Å². The Morgan fingerprint density at radius 1 is 1.08 bits per heavy atom. The third kappa shape index (κ3) is 3.83. The lowest BCUT2D eigenvalue weighted by Crippen LogP contribution is -2.58. The molecule has 0 bridgehead atoms. The standard InChI is InChI=1S/C19H25N3O3/c20-18(25)19(10-2-1-3-11-19)21-17(24)15-8-6-14(7-9-15)13-22-12-4-5-16(22)23/h6-9H,1-5,10-13H2,(H2,20,25)(H,21,24). The van der Waals surface area contributed by atoms with E-state index in [1.54, 1.807) is 12.1 Å². The van der Waals surface area contributed by atoms with Gasteiger partial charge < -0.3 is 16.0 Å². The second-order valence-electron chi connectivity index (χ2n) is 7.08. The summed E-state index contributed by atoms with van der Waals surface area (Å²) in [4.78, 5) is 38.0. The van der Waals surface area contributed by atoms with Crippen LogP contribution in [0.3, 0.4) is 0 Å². The molecule has 6 heteroatoms. The molecule has 0 atom stereocenters. The molecular formula is C19H25N3O3. The Bertz CT molecular complexity index is 663. The van der Waals surface area contributed by atoms with Crippen LogP contribution in [0, 0.1) is 0 Å². The van der Waals surface area contributed by atoms with Crippen molar-refractivity contribution in [3.63, 3.8) is 0 Å². The van der Waals surface area contributed by atoms with Crippen LogP contribution < -0.4 is 11.1 Å². The Hall–Kier alpha value is -2.37. The van der Waals surface area contributed by atoms with Crippen LogP contribution in [0.15, 0.2) is 24.3 Å². The topological polar surface area (TPSA) is 92.5 Å². The number of hydrogen-bond donors (Lipinski definition) is 2.